The third-order valence-corrected chi connectivity index (χ3v) is 2.33. The summed E-state index contributed by atoms with van der Waals surface area (Å²) in [5, 5.41) is 0. The van der Waals surface area contributed by atoms with Crippen molar-refractivity contribution in [2.75, 3.05) is 0 Å². The summed E-state index contributed by atoms with van der Waals surface area (Å²) in [5.74, 6) is 0. The largest absolute Gasteiger partial charge is 0.328 e. The van der Waals surface area contributed by atoms with Gasteiger partial charge >= 0.3 is 0 Å². The molecule has 0 saturated heterocycles. The Morgan fingerprint density at radius 2 is 2.14 bits per heavy atom. The van der Waals surface area contributed by atoms with Gasteiger partial charge in [0.1, 0.15) is 0 Å². The highest BCUT2D eigenvalue weighted by atomic mass is 14.6. The lowest BCUT2D eigenvalue weighted by atomic mass is 9.99. The van der Waals surface area contributed by atoms with Crippen LogP contribution in [0.5, 0.6) is 0 Å². The van der Waals surface area contributed by atoms with Gasteiger partial charge in [0.25, 0.3) is 0 Å². The van der Waals surface area contributed by atoms with E-state index in [2.05, 4.69) is 39.5 Å². The van der Waals surface area contributed by atoms with Gasteiger partial charge in [-0.15, -0.1) is 0 Å². The molecule has 0 aliphatic carbocycles. The molecule has 0 aromatic heterocycles. The van der Waals surface area contributed by atoms with Gasteiger partial charge in [0, 0.05) is 6.04 Å². The van der Waals surface area contributed by atoms with Crippen LogP contribution < -0.4 is 5.73 Å². The SMILES string of the molecule is C=C/C=C(C)\C(=C/C)CCCC(C)N. The lowest BCUT2D eigenvalue weighted by molar-refractivity contribution is 0.623. The van der Waals surface area contributed by atoms with Crippen LogP contribution in [0.3, 0.4) is 0 Å². The number of hydrogen-bond donors (Lipinski definition) is 1. The molecule has 2 N–H and O–H groups in total. The first-order valence-corrected chi connectivity index (χ1v) is 5.32. The Hall–Kier alpha value is -0.820. The van der Waals surface area contributed by atoms with Gasteiger partial charge in [0.05, 0.1) is 0 Å². The van der Waals surface area contributed by atoms with E-state index in [0.29, 0.717) is 6.04 Å². The molecule has 0 bridgehead atoms. The van der Waals surface area contributed by atoms with Crippen molar-refractivity contribution in [3.63, 3.8) is 0 Å². The second kappa shape index (κ2) is 7.57. The van der Waals surface area contributed by atoms with E-state index in [0.717, 1.165) is 12.8 Å². The average molecular weight is 193 g/mol. The van der Waals surface area contributed by atoms with Crippen LogP contribution >= 0.6 is 0 Å². The molecule has 1 nitrogen and oxygen atoms in total. The van der Waals surface area contributed by atoms with Crippen molar-refractivity contribution in [2.24, 2.45) is 5.73 Å². The number of rotatable bonds is 6. The zero-order valence-electron chi connectivity index (χ0n) is 9.72. The minimum atomic E-state index is 0.316. The Balaban J connectivity index is 4.05. The van der Waals surface area contributed by atoms with Crippen LogP contribution in [0.1, 0.15) is 40.0 Å². The fraction of sp³-hybridized carbons (Fsp3) is 0.538. The summed E-state index contributed by atoms with van der Waals surface area (Å²) in [4.78, 5) is 0. The molecule has 0 heterocycles. The standard InChI is InChI=1S/C13H23N/c1-5-8-11(3)13(6-2)10-7-9-12(4)14/h5-6,8,12H,1,7,9-10,14H2,2-4H3/b11-8-,13-6-. The third kappa shape index (κ3) is 5.76. The molecule has 0 fully saturated rings. The molecule has 1 heteroatoms. The molecule has 0 aromatic rings. The van der Waals surface area contributed by atoms with E-state index in [1.807, 2.05) is 6.08 Å². The van der Waals surface area contributed by atoms with Crippen LogP contribution in [0.15, 0.2) is 36.0 Å². The van der Waals surface area contributed by atoms with Crippen LogP contribution in [0.2, 0.25) is 0 Å². The second-order valence-corrected chi connectivity index (χ2v) is 3.77. The Morgan fingerprint density at radius 1 is 1.50 bits per heavy atom. The van der Waals surface area contributed by atoms with Crippen LogP contribution in [0.4, 0.5) is 0 Å². The zero-order valence-corrected chi connectivity index (χ0v) is 9.72. The monoisotopic (exact) mass is 193 g/mol. The maximum absolute atomic E-state index is 5.70. The fourth-order valence-electron chi connectivity index (χ4n) is 1.47. The molecule has 0 amide bonds. The summed E-state index contributed by atoms with van der Waals surface area (Å²) in [6.45, 7) is 9.97. The molecular formula is C13H23N. The first kappa shape index (κ1) is 13.2. The highest BCUT2D eigenvalue weighted by Crippen LogP contribution is 2.17. The summed E-state index contributed by atoms with van der Waals surface area (Å²) in [6, 6.07) is 0.316. The molecule has 0 aliphatic rings. The number of nitrogens with two attached hydrogens (primary N) is 1. The second-order valence-electron chi connectivity index (χ2n) is 3.77. The summed E-state index contributed by atoms with van der Waals surface area (Å²) in [5.41, 5.74) is 8.42. The molecule has 0 rings (SSSR count). The molecule has 0 aromatic carbocycles. The maximum Gasteiger partial charge on any atom is 0.00105 e. The summed E-state index contributed by atoms with van der Waals surface area (Å²) >= 11 is 0. The molecule has 14 heavy (non-hydrogen) atoms. The van der Waals surface area contributed by atoms with E-state index in [-0.39, 0.29) is 0 Å². The van der Waals surface area contributed by atoms with Gasteiger partial charge < -0.3 is 5.73 Å². The quantitative estimate of drug-likeness (QED) is 0.641. The first-order chi connectivity index (χ1) is 6.61. The van der Waals surface area contributed by atoms with Crippen molar-refractivity contribution in [3.8, 4) is 0 Å². The van der Waals surface area contributed by atoms with E-state index in [4.69, 9.17) is 5.73 Å². The van der Waals surface area contributed by atoms with E-state index in [9.17, 15) is 0 Å². The fourth-order valence-corrected chi connectivity index (χ4v) is 1.47. The molecule has 0 spiro atoms. The molecule has 0 saturated carbocycles. The highest BCUT2D eigenvalue weighted by molar-refractivity contribution is 5.30. The zero-order chi connectivity index (χ0) is 11.0. The predicted octanol–water partition coefficient (Wildman–Crippen LogP) is 3.58. The van der Waals surface area contributed by atoms with E-state index < -0.39 is 0 Å². The van der Waals surface area contributed by atoms with Crippen molar-refractivity contribution in [3.05, 3.63) is 36.0 Å². The van der Waals surface area contributed by atoms with Crippen molar-refractivity contribution in [1.82, 2.24) is 0 Å². The van der Waals surface area contributed by atoms with Gasteiger partial charge in [-0.05, 0) is 51.2 Å². The van der Waals surface area contributed by atoms with E-state index >= 15 is 0 Å². The third-order valence-electron chi connectivity index (χ3n) is 2.33. The number of hydrogen-bond acceptors (Lipinski definition) is 1. The van der Waals surface area contributed by atoms with Crippen LogP contribution in [0.25, 0.3) is 0 Å². The van der Waals surface area contributed by atoms with E-state index in [1.165, 1.54) is 17.6 Å². The van der Waals surface area contributed by atoms with Crippen LogP contribution in [-0.4, -0.2) is 6.04 Å². The normalized spacial score (nSPS) is 15.4. The van der Waals surface area contributed by atoms with Gasteiger partial charge in [0.15, 0.2) is 0 Å². The lowest BCUT2D eigenvalue weighted by Gasteiger charge is -2.08. The van der Waals surface area contributed by atoms with Crippen LogP contribution in [-0.2, 0) is 0 Å². The Kier molecular flexibility index (Phi) is 7.13. The van der Waals surface area contributed by atoms with Crippen molar-refractivity contribution >= 4 is 0 Å². The molecule has 1 unspecified atom stereocenters. The highest BCUT2D eigenvalue weighted by Gasteiger charge is 2.00. The van der Waals surface area contributed by atoms with Gasteiger partial charge in [-0.3, -0.25) is 0 Å². The molecule has 0 radical (unpaired) electrons. The molecular weight excluding hydrogens is 170 g/mol. The Labute approximate surface area is 88.4 Å². The maximum atomic E-state index is 5.70. The molecule has 1 atom stereocenters. The Bertz CT molecular complexity index is 221. The van der Waals surface area contributed by atoms with Crippen molar-refractivity contribution < 1.29 is 0 Å². The summed E-state index contributed by atoms with van der Waals surface area (Å²) in [7, 11) is 0. The minimum absolute atomic E-state index is 0.316. The molecule has 80 valence electrons. The topological polar surface area (TPSA) is 26.0 Å². The summed E-state index contributed by atoms with van der Waals surface area (Å²) < 4.78 is 0. The van der Waals surface area contributed by atoms with Crippen molar-refractivity contribution in [1.29, 1.82) is 0 Å². The van der Waals surface area contributed by atoms with E-state index in [1.54, 1.807) is 0 Å². The summed E-state index contributed by atoms with van der Waals surface area (Å²) in [6.07, 6.45) is 9.45. The minimum Gasteiger partial charge on any atom is -0.328 e. The Morgan fingerprint density at radius 3 is 2.57 bits per heavy atom. The lowest BCUT2D eigenvalue weighted by Crippen LogP contribution is -2.14. The smallest absolute Gasteiger partial charge is 0.00105 e. The average Bonchev–Trinajstić information content (AvgIpc) is 2.12. The van der Waals surface area contributed by atoms with Gasteiger partial charge in [0.2, 0.25) is 0 Å². The van der Waals surface area contributed by atoms with Gasteiger partial charge in [-0.1, -0.05) is 24.8 Å². The molecule has 0 aliphatic heterocycles. The van der Waals surface area contributed by atoms with Crippen molar-refractivity contribution in [2.45, 2.75) is 46.1 Å². The predicted molar refractivity (Wildman–Crippen MR) is 65.2 cm³/mol. The number of allylic oxidation sites excluding steroid dienone is 5. The van der Waals surface area contributed by atoms with Crippen LogP contribution in [0, 0.1) is 0 Å². The van der Waals surface area contributed by atoms with Gasteiger partial charge in [-0.2, -0.15) is 0 Å². The van der Waals surface area contributed by atoms with Gasteiger partial charge in [-0.25, -0.2) is 0 Å². The first-order valence-electron chi connectivity index (χ1n) is 5.32.